The summed E-state index contributed by atoms with van der Waals surface area (Å²) in [6.07, 6.45) is 5.52. The van der Waals surface area contributed by atoms with Crippen molar-refractivity contribution in [3.05, 3.63) is 101 Å². The average Bonchev–Trinajstić information content (AvgIpc) is 3.31. The van der Waals surface area contributed by atoms with Gasteiger partial charge in [-0.05, 0) is 35.9 Å². The quantitative estimate of drug-likeness (QED) is 0.441. The van der Waals surface area contributed by atoms with Gasteiger partial charge in [0.2, 0.25) is 0 Å². The third-order valence-electron chi connectivity index (χ3n) is 5.87. The van der Waals surface area contributed by atoms with Crippen molar-refractivity contribution in [2.75, 3.05) is 26.2 Å². The summed E-state index contributed by atoms with van der Waals surface area (Å²) in [4.78, 5) is 22.1. The van der Waals surface area contributed by atoms with Crippen LogP contribution in [0.4, 0.5) is 0 Å². The number of piperazine rings is 1. The molecule has 0 N–H and O–H groups in total. The number of para-hydroxylation sites is 1. The van der Waals surface area contributed by atoms with Gasteiger partial charge >= 0.3 is 0 Å². The summed E-state index contributed by atoms with van der Waals surface area (Å²) in [6.45, 7) is 3.84. The van der Waals surface area contributed by atoms with Gasteiger partial charge in [-0.3, -0.25) is 14.7 Å². The van der Waals surface area contributed by atoms with E-state index in [1.165, 1.54) is 5.56 Å². The molecule has 0 unspecified atom stereocenters. The van der Waals surface area contributed by atoms with E-state index in [4.69, 9.17) is 16.7 Å². The van der Waals surface area contributed by atoms with Crippen LogP contribution in [0.5, 0.6) is 0 Å². The van der Waals surface area contributed by atoms with Crippen LogP contribution in [-0.2, 0) is 6.54 Å². The molecule has 33 heavy (non-hydrogen) atoms. The van der Waals surface area contributed by atoms with Gasteiger partial charge in [0.15, 0.2) is 0 Å². The van der Waals surface area contributed by atoms with Gasteiger partial charge in [0.05, 0.1) is 11.3 Å². The molecule has 166 valence electrons. The smallest absolute Gasteiger partial charge is 0.257 e. The Morgan fingerprint density at radius 3 is 2.36 bits per heavy atom. The summed E-state index contributed by atoms with van der Waals surface area (Å²) >= 11 is 6.09. The van der Waals surface area contributed by atoms with E-state index in [1.807, 2.05) is 78.0 Å². The number of halogens is 1. The molecule has 1 saturated heterocycles. The van der Waals surface area contributed by atoms with Crippen LogP contribution >= 0.6 is 11.6 Å². The Kier molecular flexibility index (Phi) is 6.19. The van der Waals surface area contributed by atoms with Crippen molar-refractivity contribution in [1.82, 2.24) is 24.6 Å². The lowest BCUT2D eigenvalue weighted by Crippen LogP contribution is -2.48. The van der Waals surface area contributed by atoms with Crippen LogP contribution in [0.2, 0.25) is 5.02 Å². The Balaban J connectivity index is 1.38. The first kappa shape index (κ1) is 21.4. The van der Waals surface area contributed by atoms with Crippen LogP contribution in [0, 0.1) is 0 Å². The second-order valence-corrected chi connectivity index (χ2v) is 8.54. The first-order chi connectivity index (χ1) is 16.2. The zero-order chi connectivity index (χ0) is 22.6. The molecule has 2 aromatic carbocycles. The zero-order valence-electron chi connectivity index (χ0n) is 18.1. The van der Waals surface area contributed by atoms with Crippen molar-refractivity contribution in [2.24, 2.45) is 0 Å². The van der Waals surface area contributed by atoms with Crippen LogP contribution in [0.3, 0.4) is 0 Å². The van der Waals surface area contributed by atoms with E-state index < -0.39 is 0 Å². The fourth-order valence-corrected chi connectivity index (χ4v) is 4.22. The minimum atomic E-state index is 0.00292. The molecule has 0 atom stereocenters. The normalized spacial score (nSPS) is 14.4. The largest absolute Gasteiger partial charge is 0.336 e. The second kappa shape index (κ2) is 9.57. The van der Waals surface area contributed by atoms with Crippen LogP contribution in [0.15, 0.2) is 85.3 Å². The van der Waals surface area contributed by atoms with Crippen LogP contribution in [0.25, 0.3) is 16.9 Å². The predicted molar refractivity (Wildman–Crippen MR) is 129 cm³/mol. The summed E-state index contributed by atoms with van der Waals surface area (Å²) in [5.74, 6) is 0.00292. The number of benzene rings is 2. The van der Waals surface area contributed by atoms with E-state index in [0.29, 0.717) is 29.4 Å². The van der Waals surface area contributed by atoms with Crippen LogP contribution in [-0.4, -0.2) is 56.7 Å². The maximum atomic E-state index is 13.6. The number of amides is 1. The number of rotatable bonds is 5. The molecule has 0 saturated carbocycles. The minimum absolute atomic E-state index is 0.00292. The number of pyridine rings is 1. The highest BCUT2D eigenvalue weighted by Crippen LogP contribution is 2.27. The molecular weight excluding hydrogens is 434 g/mol. The van der Waals surface area contributed by atoms with Crippen LogP contribution < -0.4 is 0 Å². The molecular formula is C26H24ClN5O. The number of hydrogen-bond donors (Lipinski definition) is 0. The molecule has 7 heteroatoms. The van der Waals surface area contributed by atoms with E-state index in [9.17, 15) is 4.79 Å². The number of nitrogens with zero attached hydrogens (tertiary/aromatic N) is 5. The van der Waals surface area contributed by atoms with Gasteiger partial charge in [-0.2, -0.15) is 5.10 Å². The summed E-state index contributed by atoms with van der Waals surface area (Å²) in [6, 6.07) is 21.3. The van der Waals surface area contributed by atoms with Gasteiger partial charge in [-0.25, -0.2) is 4.68 Å². The van der Waals surface area contributed by atoms with Crippen molar-refractivity contribution >= 4 is 17.5 Å². The molecule has 2 aromatic heterocycles. The lowest BCUT2D eigenvalue weighted by molar-refractivity contribution is 0.0629. The average molecular weight is 458 g/mol. The van der Waals surface area contributed by atoms with Crippen molar-refractivity contribution in [3.8, 4) is 16.9 Å². The lowest BCUT2D eigenvalue weighted by Gasteiger charge is -2.34. The molecule has 6 nitrogen and oxygen atoms in total. The highest BCUT2D eigenvalue weighted by molar-refractivity contribution is 6.30. The van der Waals surface area contributed by atoms with Crippen molar-refractivity contribution in [3.63, 3.8) is 0 Å². The van der Waals surface area contributed by atoms with E-state index in [1.54, 1.807) is 10.9 Å². The van der Waals surface area contributed by atoms with Gasteiger partial charge in [0.1, 0.15) is 5.69 Å². The summed E-state index contributed by atoms with van der Waals surface area (Å²) in [7, 11) is 0. The van der Waals surface area contributed by atoms with E-state index in [-0.39, 0.29) is 5.91 Å². The van der Waals surface area contributed by atoms with E-state index in [0.717, 1.165) is 30.9 Å². The molecule has 1 amide bonds. The number of carbonyl (C=O) groups excluding carboxylic acids is 1. The highest BCUT2D eigenvalue weighted by Gasteiger charge is 2.26. The van der Waals surface area contributed by atoms with Crippen molar-refractivity contribution < 1.29 is 4.79 Å². The maximum absolute atomic E-state index is 13.6. The van der Waals surface area contributed by atoms with E-state index in [2.05, 4.69) is 16.0 Å². The van der Waals surface area contributed by atoms with Gasteiger partial charge in [-0.15, -0.1) is 0 Å². The lowest BCUT2D eigenvalue weighted by atomic mass is 10.1. The zero-order valence-corrected chi connectivity index (χ0v) is 18.9. The third kappa shape index (κ3) is 4.82. The maximum Gasteiger partial charge on any atom is 0.257 e. The Bertz CT molecular complexity index is 1220. The standard InChI is InChI=1S/C26H24ClN5O/c27-22-10-8-21(9-11-22)25-24(19-32(29-25)23-6-2-1-3-7-23)26(33)31-15-13-30(14-16-31)18-20-5-4-12-28-17-20/h1-12,17,19H,13-16,18H2. The molecule has 5 rings (SSSR count). The molecule has 0 spiro atoms. The fraction of sp³-hybridized carbons (Fsp3) is 0.192. The second-order valence-electron chi connectivity index (χ2n) is 8.11. The van der Waals surface area contributed by atoms with E-state index >= 15 is 0 Å². The van der Waals surface area contributed by atoms with Gasteiger partial charge < -0.3 is 4.90 Å². The SMILES string of the molecule is O=C(c1cn(-c2ccccc2)nc1-c1ccc(Cl)cc1)N1CCN(Cc2cccnc2)CC1. The molecule has 3 heterocycles. The topological polar surface area (TPSA) is 54.3 Å². The third-order valence-corrected chi connectivity index (χ3v) is 6.12. The molecule has 1 aliphatic heterocycles. The van der Waals surface area contributed by atoms with Gasteiger partial charge in [0.25, 0.3) is 5.91 Å². The van der Waals surface area contributed by atoms with Crippen LogP contribution in [0.1, 0.15) is 15.9 Å². The molecule has 0 radical (unpaired) electrons. The van der Waals surface area contributed by atoms with Gasteiger partial charge in [0, 0.05) is 61.9 Å². The first-order valence-corrected chi connectivity index (χ1v) is 11.4. The molecule has 1 aliphatic rings. The van der Waals surface area contributed by atoms with Gasteiger partial charge in [-0.1, -0.05) is 48.0 Å². The molecule has 1 fully saturated rings. The first-order valence-electron chi connectivity index (χ1n) is 11.0. The Labute approximate surface area is 198 Å². The molecule has 0 aliphatic carbocycles. The summed E-state index contributed by atoms with van der Waals surface area (Å²) in [5.41, 5.74) is 4.23. The Hall–Kier alpha value is -3.48. The minimum Gasteiger partial charge on any atom is -0.336 e. The fourth-order valence-electron chi connectivity index (χ4n) is 4.09. The molecule has 0 bridgehead atoms. The number of carbonyl (C=O) groups is 1. The molecule has 4 aromatic rings. The Morgan fingerprint density at radius 2 is 1.67 bits per heavy atom. The van der Waals surface area contributed by atoms with Crippen molar-refractivity contribution in [1.29, 1.82) is 0 Å². The predicted octanol–water partition coefficient (Wildman–Crippen LogP) is 4.55. The van der Waals surface area contributed by atoms with Crippen molar-refractivity contribution in [2.45, 2.75) is 6.54 Å². The number of hydrogen-bond acceptors (Lipinski definition) is 4. The number of aromatic nitrogens is 3. The Morgan fingerprint density at radius 1 is 0.909 bits per heavy atom. The summed E-state index contributed by atoms with van der Waals surface area (Å²) < 4.78 is 1.77. The highest BCUT2D eigenvalue weighted by atomic mass is 35.5. The monoisotopic (exact) mass is 457 g/mol. The summed E-state index contributed by atoms with van der Waals surface area (Å²) in [5, 5.41) is 5.43.